The van der Waals surface area contributed by atoms with E-state index in [2.05, 4.69) is 34.3 Å². The molecule has 6 heteroatoms. The second-order valence-electron chi connectivity index (χ2n) is 6.87. The molecule has 1 saturated carbocycles. The molecule has 6 nitrogen and oxygen atoms in total. The lowest BCUT2D eigenvalue weighted by atomic mass is 10.0. The summed E-state index contributed by atoms with van der Waals surface area (Å²) in [7, 11) is 2.66. The molecule has 2 aromatic carbocycles. The minimum atomic E-state index is -0.595. The lowest BCUT2D eigenvalue weighted by Gasteiger charge is -2.09. The van der Waals surface area contributed by atoms with Gasteiger partial charge in [-0.05, 0) is 49.3 Å². The lowest BCUT2D eigenvalue weighted by molar-refractivity contribution is -0.132. The smallest absolute Gasteiger partial charge is 0.360 e. The molecule has 0 radical (unpaired) electrons. The van der Waals surface area contributed by atoms with Gasteiger partial charge in [0.15, 0.2) is 5.71 Å². The molecular formula is C24H24N2O4. The molecule has 0 unspecified atom stereocenters. The zero-order chi connectivity index (χ0) is 21.3. The Morgan fingerprint density at radius 3 is 2.47 bits per heavy atom. The molecule has 0 aromatic heterocycles. The van der Waals surface area contributed by atoms with Crippen molar-refractivity contribution < 1.29 is 19.2 Å². The maximum atomic E-state index is 12.0. The number of carbonyl (C=O) groups excluding carboxylic acids is 1. The van der Waals surface area contributed by atoms with Crippen LogP contribution in [-0.4, -0.2) is 31.6 Å². The van der Waals surface area contributed by atoms with Crippen molar-refractivity contribution in [1.82, 2.24) is 0 Å². The quantitative estimate of drug-likeness (QED) is 0.302. The number of oxime groups is 2. The lowest BCUT2D eigenvalue weighted by Crippen LogP contribution is -2.19. The van der Waals surface area contributed by atoms with E-state index >= 15 is 0 Å². The molecule has 0 amide bonds. The van der Waals surface area contributed by atoms with Crippen molar-refractivity contribution in [1.29, 1.82) is 0 Å². The molecule has 30 heavy (non-hydrogen) atoms. The van der Waals surface area contributed by atoms with Crippen LogP contribution in [0.25, 0.3) is 0 Å². The fourth-order valence-electron chi connectivity index (χ4n) is 2.90. The van der Waals surface area contributed by atoms with Gasteiger partial charge in [0.2, 0.25) is 0 Å². The number of hydrogen-bond acceptors (Lipinski definition) is 6. The van der Waals surface area contributed by atoms with E-state index in [9.17, 15) is 4.79 Å². The second-order valence-corrected chi connectivity index (χ2v) is 6.87. The number of hydrogen-bond donors (Lipinski definition) is 0. The summed E-state index contributed by atoms with van der Waals surface area (Å²) in [5.74, 6) is 6.22. The summed E-state index contributed by atoms with van der Waals surface area (Å²) < 4.78 is 4.78. The van der Waals surface area contributed by atoms with Gasteiger partial charge in [-0.2, -0.15) is 0 Å². The Kier molecular flexibility index (Phi) is 7.23. The Balaban J connectivity index is 1.65. The van der Waals surface area contributed by atoms with Crippen molar-refractivity contribution in [3.05, 3.63) is 70.8 Å². The number of esters is 1. The van der Waals surface area contributed by atoms with Gasteiger partial charge in [0.05, 0.1) is 7.11 Å². The first-order valence-corrected chi connectivity index (χ1v) is 9.68. The third-order valence-electron chi connectivity index (χ3n) is 4.60. The van der Waals surface area contributed by atoms with E-state index in [1.165, 1.54) is 32.6 Å². The van der Waals surface area contributed by atoms with Crippen LogP contribution in [0.3, 0.4) is 0 Å². The monoisotopic (exact) mass is 404 g/mol. The molecule has 1 aliphatic carbocycles. The third-order valence-corrected chi connectivity index (χ3v) is 4.60. The molecule has 154 valence electrons. The highest BCUT2D eigenvalue weighted by atomic mass is 16.6. The predicted octanol–water partition coefficient (Wildman–Crippen LogP) is 4.03. The Bertz CT molecular complexity index is 1010. The number of rotatable bonds is 7. The van der Waals surface area contributed by atoms with Crippen LogP contribution < -0.4 is 0 Å². The molecule has 0 N–H and O–H groups in total. The molecule has 3 rings (SSSR count). The zero-order valence-electron chi connectivity index (χ0n) is 17.3. The van der Waals surface area contributed by atoms with Crippen LogP contribution >= 0.6 is 0 Å². The second kappa shape index (κ2) is 10.3. The van der Waals surface area contributed by atoms with Gasteiger partial charge in [-0.1, -0.05) is 52.6 Å². The normalized spacial score (nSPS) is 13.8. The Labute approximate surface area is 176 Å². The van der Waals surface area contributed by atoms with Crippen LogP contribution in [0.15, 0.2) is 58.8 Å². The highest BCUT2D eigenvalue weighted by Gasteiger charge is 2.22. The zero-order valence-corrected chi connectivity index (χ0v) is 17.3. The van der Waals surface area contributed by atoms with Crippen LogP contribution in [0.1, 0.15) is 47.9 Å². The summed E-state index contributed by atoms with van der Waals surface area (Å²) in [5.41, 5.74) is 4.22. The van der Waals surface area contributed by atoms with Crippen LogP contribution in [0.5, 0.6) is 0 Å². The van der Waals surface area contributed by atoms with E-state index < -0.39 is 5.97 Å². The highest BCUT2D eigenvalue weighted by Crippen LogP contribution is 2.39. The van der Waals surface area contributed by atoms with E-state index in [0.29, 0.717) is 11.3 Å². The van der Waals surface area contributed by atoms with Gasteiger partial charge in [-0.15, -0.1) is 0 Å². The van der Waals surface area contributed by atoms with E-state index in [1.807, 2.05) is 24.3 Å². The van der Waals surface area contributed by atoms with Gasteiger partial charge in [0.1, 0.15) is 19.4 Å². The summed E-state index contributed by atoms with van der Waals surface area (Å²) in [6.07, 6.45) is 2.57. The van der Waals surface area contributed by atoms with Crippen molar-refractivity contribution in [3.8, 4) is 11.8 Å². The maximum absolute atomic E-state index is 12.0. The van der Waals surface area contributed by atoms with Crippen LogP contribution in [0, 0.1) is 11.8 Å². The van der Waals surface area contributed by atoms with Gasteiger partial charge in [0.25, 0.3) is 0 Å². The average Bonchev–Trinajstić information content (AvgIpc) is 3.62. The van der Waals surface area contributed by atoms with E-state index in [1.54, 1.807) is 19.1 Å². The van der Waals surface area contributed by atoms with E-state index in [0.717, 1.165) is 17.0 Å². The molecule has 0 spiro atoms. The van der Waals surface area contributed by atoms with Gasteiger partial charge in [0, 0.05) is 16.7 Å². The number of ether oxygens (including phenoxy) is 1. The first kappa shape index (κ1) is 21.1. The van der Waals surface area contributed by atoms with Crippen molar-refractivity contribution >= 4 is 17.4 Å². The van der Waals surface area contributed by atoms with Crippen molar-refractivity contribution in [2.24, 2.45) is 10.3 Å². The molecule has 2 aromatic rings. The fraction of sp³-hybridized carbons (Fsp3) is 0.292. The van der Waals surface area contributed by atoms with Gasteiger partial charge >= 0.3 is 5.97 Å². The largest absolute Gasteiger partial charge is 0.464 e. The van der Waals surface area contributed by atoms with Crippen LogP contribution in [0.4, 0.5) is 0 Å². The number of carbonyl (C=O) groups is 1. The summed E-state index contributed by atoms with van der Waals surface area (Å²) in [5, 5.41) is 7.84. The Morgan fingerprint density at radius 1 is 1.07 bits per heavy atom. The van der Waals surface area contributed by atoms with Crippen molar-refractivity contribution in [2.45, 2.75) is 32.3 Å². The minimum absolute atomic E-state index is 0.0642. The standard InChI is InChI=1S/C24H24N2O4/c1-17(8-9-18-10-12-19(13-11-18)20-14-15-20)25-30-16-21-6-4-5-7-22(21)23(26-29-3)24(27)28-2/h4-7,10-13,20H,14-16H2,1-3H3/b25-17+,26-23+. The summed E-state index contributed by atoms with van der Waals surface area (Å²) in [6, 6.07) is 15.6. The molecule has 0 bridgehead atoms. The first-order chi connectivity index (χ1) is 14.6. The van der Waals surface area contributed by atoms with Gasteiger partial charge in [-0.3, -0.25) is 0 Å². The summed E-state index contributed by atoms with van der Waals surface area (Å²) >= 11 is 0. The number of benzene rings is 2. The maximum Gasteiger partial charge on any atom is 0.360 e. The predicted molar refractivity (Wildman–Crippen MR) is 115 cm³/mol. The van der Waals surface area contributed by atoms with Crippen molar-refractivity contribution in [3.63, 3.8) is 0 Å². The molecule has 1 fully saturated rings. The molecule has 1 aliphatic rings. The molecule has 0 atom stereocenters. The summed E-state index contributed by atoms with van der Waals surface area (Å²) in [4.78, 5) is 22.2. The van der Waals surface area contributed by atoms with E-state index in [-0.39, 0.29) is 12.3 Å². The van der Waals surface area contributed by atoms with Crippen LogP contribution in [0.2, 0.25) is 0 Å². The van der Waals surface area contributed by atoms with Gasteiger partial charge < -0.3 is 14.4 Å². The first-order valence-electron chi connectivity index (χ1n) is 9.68. The SMILES string of the molecule is CO/N=C(/C(=O)OC)c1ccccc1CO/N=C(\C)C#Cc1ccc(C2CC2)cc1. The molecular weight excluding hydrogens is 380 g/mol. The van der Waals surface area contributed by atoms with Crippen molar-refractivity contribution in [2.75, 3.05) is 14.2 Å². The average molecular weight is 404 g/mol. The van der Waals surface area contributed by atoms with Gasteiger partial charge in [-0.25, -0.2) is 4.79 Å². The van der Waals surface area contributed by atoms with Crippen LogP contribution in [-0.2, 0) is 25.8 Å². The third kappa shape index (κ3) is 5.71. The molecule has 0 saturated heterocycles. The minimum Gasteiger partial charge on any atom is -0.464 e. The Morgan fingerprint density at radius 2 is 1.80 bits per heavy atom. The molecule has 0 heterocycles. The highest BCUT2D eigenvalue weighted by molar-refractivity contribution is 6.43. The number of methoxy groups -OCH3 is 1. The Hall–Kier alpha value is -3.59. The number of nitrogens with zero attached hydrogens (tertiary/aromatic N) is 2. The molecule has 0 aliphatic heterocycles. The summed E-state index contributed by atoms with van der Waals surface area (Å²) in [6.45, 7) is 1.93. The fourth-order valence-corrected chi connectivity index (χ4v) is 2.90. The topological polar surface area (TPSA) is 69.5 Å². The van der Waals surface area contributed by atoms with E-state index in [4.69, 9.17) is 14.4 Å².